The van der Waals surface area contributed by atoms with Gasteiger partial charge in [0.1, 0.15) is 0 Å². The Morgan fingerprint density at radius 1 is 1.60 bits per heavy atom. The molecule has 1 aromatic rings. The van der Waals surface area contributed by atoms with Crippen molar-refractivity contribution in [3.05, 3.63) is 40.7 Å². The average molecular weight is 225 g/mol. The number of rotatable bonds is 5. The molecule has 1 N–H and O–H groups in total. The minimum atomic E-state index is 0.798. The highest BCUT2D eigenvalue weighted by atomic mass is 35.5. The summed E-state index contributed by atoms with van der Waals surface area (Å²) >= 11 is 5.57. The molecule has 0 spiro atoms. The zero-order valence-corrected chi connectivity index (χ0v) is 10.0. The summed E-state index contributed by atoms with van der Waals surface area (Å²) in [5.74, 6) is 0. The monoisotopic (exact) mass is 224 g/mol. The van der Waals surface area contributed by atoms with Crippen LogP contribution in [0.15, 0.2) is 29.4 Å². The van der Waals surface area contributed by atoms with E-state index in [1.807, 2.05) is 19.2 Å². The van der Waals surface area contributed by atoms with Gasteiger partial charge in [-0.25, -0.2) is 0 Å². The molecule has 0 bridgehead atoms. The molecule has 1 heterocycles. The van der Waals surface area contributed by atoms with E-state index >= 15 is 0 Å². The summed E-state index contributed by atoms with van der Waals surface area (Å²) < 4.78 is 0. The Balaban J connectivity index is 2.50. The van der Waals surface area contributed by atoms with Crippen LogP contribution in [0.5, 0.6) is 0 Å². The average Bonchev–Trinajstić information content (AvgIpc) is 2.29. The standard InChI is InChI=1S/C12H17ClN2/c1-3-11-5-4-6-15-12(11)9-14-8-10(2)7-13/h4-7,14H,3,8-9H2,1-2H3/b10-7+. The van der Waals surface area contributed by atoms with Crippen molar-refractivity contribution in [3.63, 3.8) is 0 Å². The first-order chi connectivity index (χ1) is 7.27. The highest BCUT2D eigenvalue weighted by molar-refractivity contribution is 6.25. The molecule has 0 aliphatic rings. The molecule has 0 aliphatic heterocycles. The van der Waals surface area contributed by atoms with Crippen LogP contribution in [-0.2, 0) is 13.0 Å². The number of halogens is 1. The number of pyridine rings is 1. The van der Waals surface area contributed by atoms with Gasteiger partial charge in [-0.05, 0) is 30.5 Å². The Morgan fingerprint density at radius 3 is 3.07 bits per heavy atom. The molecular weight excluding hydrogens is 208 g/mol. The summed E-state index contributed by atoms with van der Waals surface area (Å²) in [6, 6.07) is 4.10. The second-order valence-corrected chi connectivity index (χ2v) is 3.74. The molecular formula is C12H17ClN2. The van der Waals surface area contributed by atoms with Crippen LogP contribution in [0.25, 0.3) is 0 Å². The predicted octanol–water partition coefficient (Wildman–Crippen LogP) is 2.88. The Hall–Kier alpha value is -0.860. The van der Waals surface area contributed by atoms with Gasteiger partial charge in [-0.3, -0.25) is 4.98 Å². The minimum Gasteiger partial charge on any atom is -0.307 e. The number of aryl methyl sites for hydroxylation is 1. The smallest absolute Gasteiger partial charge is 0.0573 e. The fraction of sp³-hybridized carbons (Fsp3) is 0.417. The third-order valence-electron chi connectivity index (χ3n) is 2.25. The lowest BCUT2D eigenvalue weighted by Gasteiger charge is -2.07. The molecule has 0 atom stereocenters. The number of aromatic nitrogens is 1. The first kappa shape index (κ1) is 12.2. The van der Waals surface area contributed by atoms with Gasteiger partial charge in [0.2, 0.25) is 0 Å². The molecule has 0 aromatic carbocycles. The third kappa shape index (κ3) is 4.02. The lowest BCUT2D eigenvalue weighted by atomic mass is 10.1. The van der Waals surface area contributed by atoms with Gasteiger partial charge in [-0.1, -0.05) is 24.6 Å². The van der Waals surface area contributed by atoms with Crippen LogP contribution in [-0.4, -0.2) is 11.5 Å². The van der Waals surface area contributed by atoms with Crippen molar-refractivity contribution in [2.75, 3.05) is 6.54 Å². The van der Waals surface area contributed by atoms with Gasteiger partial charge >= 0.3 is 0 Å². The maximum absolute atomic E-state index is 5.57. The third-order valence-corrected chi connectivity index (χ3v) is 2.62. The quantitative estimate of drug-likeness (QED) is 0.832. The normalized spacial score (nSPS) is 11.8. The molecule has 0 saturated heterocycles. The van der Waals surface area contributed by atoms with Crippen molar-refractivity contribution in [1.29, 1.82) is 0 Å². The Morgan fingerprint density at radius 2 is 2.40 bits per heavy atom. The topological polar surface area (TPSA) is 24.9 Å². The van der Waals surface area contributed by atoms with Gasteiger partial charge in [-0.15, -0.1) is 0 Å². The molecule has 15 heavy (non-hydrogen) atoms. The Bertz CT molecular complexity index is 334. The molecule has 3 heteroatoms. The van der Waals surface area contributed by atoms with E-state index in [0.717, 1.165) is 30.8 Å². The van der Waals surface area contributed by atoms with Crippen molar-refractivity contribution >= 4 is 11.6 Å². The maximum Gasteiger partial charge on any atom is 0.0573 e. The number of hydrogen-bond donors (Lipinski definition) is 1. The van der Waals surface area contributed by atoms with Crippen molar-refractivity contribution in [3.8, 4) is 0 Å². The minimum absolute atomic E-state index is 0.798. The van der Waals surface area contributed by atoms with E-state index in [-0.39, 0.29) is 0 Å². The highest BCUT2D eigenvalue weighted by Crippen LogP contribution is 2.05. The van der Waals surface area contributed by atoms with Crippen LogP contribution in [0.1, 0.15) is 25.1 Å². The summed E-state index contributed by atoms with van der Waals surface area (Å²) in [5, 5.41) is 3.31. The van der Waals surface area contributed by atoms with Crippen molar-refractivity contribution < 1.29 is 0 Å². The summed E-state index contributed by atoms with van der Waals surface area (Å²) in [6.45, 7) is 5.75. The lowest BCUT2D eigenvalue weighted by molar-refractivity contribution is 0.714. The molecule has 0 aliphatic carbocycles. The molecule has 1 aromatic heterocycles. The zero-order chi connectivity index (χ0) is 11.1. The van der Waals surface area contributed by atoms with Crippen LogP contribution < -0.4 is 5.32 Å². The Labute approximate surface area is 96.4 Å². The first-order valence-electron chi connectivity index (χ1n) is 5.17. The zero-order valence-electron chi connectivity index (χ0n) is 9.26. The van der Waals surface area contributed by atoms with E-state index in [0.29, 0.717) is 0 Å². The van der Waals surface area contributed by atoms with E-state index in [1.165, 1.54) is 5.56 Å². The van der Waals surface area contributed by atoms with Crippen molar-refractivity contribution in [2.24, 2.45) is 0 Å². The van der Waals surface area contributed by atoms with Crippen LogP contribution in [0.4, 0.5) is 0 Å². The van der Waals surface area contributed by atoms with Crippen LogP contribution in [0, 0.1) is 0 Å². The van der Waals surface area contributed by atoms with E-state index in [2.05, 4.69) is 23.3 Å². The summed E-state index contributed by atoms with van der Waals surface area (Å²) in [4.78, 5) is 4.36. The largest absolute Gasteiger partial charge is 0.307 e. The molecule has 82 valence electrons. The van der Waals surface area contributed by atoms with E-state index in [4.69, 9.17) is 11.6 Å². The summed E-state index contributed by atoms with van der Waals surface area (Å²) in [7, 11) is 0. The second kappa shape index (κ2) is 6.59. The second-order valence-electron chi connectivity index (χ2n) is 3.52. The van der Waals surface area contributed by atoms with Crippen LogP contribution in [0.3, 0.4) is 0 Å². The fourth-order valence-electron chi connectivity index (χ4n) is 1.37. The molecule has 0 unspecified atom stereocenters. The van der Waals surface area contributed by atoms with E-state index < -0.39 is 0 Å². The molecule has 2 nitrogen and oxygen atoms in total. The van der Waals surface area contributed by atoms with Crippen LogP contribution >= 0.6 is 11.6 Å². The SMILES string of the molecule is CCc1cccnc1CNC/C(C)=C/Cl. The number of nitrogens with zero attached hydrogens (tertiary/aromatic N) is 1. The molecule has 0 fully saturated rings. The lowest BCUT2D eigenvalue weighted by Crippen LogP contribution is -2.17. The summed E-state index contributed by atoms with van der Waals surface area (Å²) in [5.41, 5.74) is 5.16. The van der Waals surface area contributed by atoms with Gasteiger partial charge in [0.25, 0.3) is 0 Å². The van der Waals surface area contributed by atoms with E-state index in [1.54, 1.807) is 5.54 Å². The van der Waals surface area contributed by atoms with E-state index in [9.17, 15) is 0 Å². The Kier molecular flexibility index (Phi) is 5.37. The molecule has 1 rings (SSSR count). The fourth-order valence-corrected chi connectivity index (χ4v) is 1.45. The maximum atomic E-state index is 5.57. The van der Waals surface area contributed by atoms with Gasteiger partial charge < -0.3 is 5.32 Å². The van der Waals surface area contributed by atoms with Crippen molar-refractivity contribution in [2.45, 2.75) is 26.8 Å². The molecule has 0 radical (unpaired) electrons. The molecule has 0 saturated carbocycles. The highest BCUT2D eigenvalue weighted by Gasteiger charge is 2.00. The van der Waals surface area contributed by atoms with Gasteiger partial charge in [-0.2, -0.15) is 0 Å². The van der Waals surface area contributed by atoms with Gasteiger partial charge in [0.15, 0.2) is 0 Å². The van der Waals surface area contributed by atoms with Crippen molar-refractivity contribution in [1.82, 2.24) is 10.3 Å². The number of hydrogen-bond acceptors (Lipinski definition) is 2. The predicted molar refractivity (Wildman–Crippen MR) is 64.9 cm³/mol. The van der Waals surface area contributed by atoms with Crippen LogP contribution in [0.2, 0.25) is 0 Å². The van der Waals surface area contributed by atoms with Gasteiger partial charge in [0.05, 0.1) is 5.69 Å². The summed E-state index contributed by atoms with van der Waals surface area (Å²) in [6.07, 6.45) is 2.86. The van der Waals surface area contributed by atoms with Gasteiger partial charge in [0, 0.05) is 24.8 Å². The number of nitrogens with one attached hydrogen (secondary N) is 1. The molecule has 0 amide bonds. The first-order valence-corrected chi connectivity index (χ1v) is 5.61.